The second-order valence-corrected chi connectivity index (χ2v) is 8.88. The van der Waals surface area contributed by atoms with Crippen LogP contribution in [0.15, 0.2) is 23.3 Å². The van der Waals surface area contributed by atoms with E-state index in [1.54, 1.807) is 17.0 Å². The topological polar surface area (TPSA) is 132 Å². The Kier molecular flexibility index (Phi) is 6.70. The number of rotatable bonds is 6. The lowest BCUT2D eigenvalue weighted by Crippen LogP contribution is -2.37. The van der Waals surface area contributed by atoms with Crippen molar-refractivity contribution in [3.8, 4) is 0 Å². The van der Waals surface area contributed by atoms with Gasteiger partial charge in [0.1, 0.15) is 18.3 Å². The molecule has 12 nitrogen and oxygen atoms in total. The van der Waals surface area contributed by atoms with Gasteiger partial charge in [0.15, 0.2) is 0 Å². The van der Waals surface area contributed by atoms with Crippen molar-refractivity contribution in [3.63, 3.8) is 0 Å². The van der Waals surface area contributed by atoms with E-state index in [0.29, 0.717) is 23.4 Å². The highest BCUT2D eigenvalue weighted by Gasteiger charge is 2.41. The Morgan fingerprint density at radius 3 is 2.66 bits per heavy atom. The number of hydrogen-bond donors (Lipinski definition) is 1. The molecule has 0 radical (unpaired) electrons. The molecule has 14 heteroatoms. The lowest BCUT2D eigenvalue weighted by atomic mass is 10.2. The molecule has 2 unspecified atom stereocenters. The number of cyclic esters (lactones) is 1. The van der Waals surface area contributed by atoms with E-state index < -0.39 is 44.2 Å². The minimum atomic E-state index is -4.77. The largest absolute Gasteiger partial charge is 0.490 e. The van der Waals surface area contributed by atoms with Gasteiger partial charge in [-0.05, 0) is 18.2 Å². The number of hydrogen-bond acceptors (Lipinski definition) is 9. The van der Waals surface area contributed by atoms with Gasteiger partial charge in [-0.3, -0.25) is 24.4 Å². The normalized spacial score (nSPS) is 20.1. The molecule has 174 valence electrons. The summed E-state index contributed by atoms with van der Waals surface area (Å²) in [5, 5.41) is 5.83. The number of benzene rings is 1. The predicted octanol–water partition coefficient (Wildman–Crippen LogP) is 1.36. The summed E-state index contributed by atoms with van der Waals surface area (Å²) in [6.45, 7) is 2.48. The average Bonchev–Trinajstić information content (AvgIpc) is 3.06. The first kappa shape index (κ1) is 23.5. The zero-order valence-corrected chi connectivity index (χ0v) is 18.6. The number of nitrogens with zero attached hydrogens (tertiary/aromatic N) is 5. The van der Waals surface area contributed by atoms with Crippen LogP contribution in [0.3, 0.4) is 0 Å². The molecule has 1 aromatic carbocycles. The first-order valence-electron chi connectivity index (χ1n) is 9.59. The fourth-order valence-electron chi connectivity index (χ4n) is 3.24. The van der Waals surface area contributed by atoms with Crippen molar-refractivity contribution in [1.82, 2.24) is 9.68 Å². The van der Waals surface area contributed by atoms with Crippen LogP contribution in [0, 0.1) is 5.82 Å². The molecule has 0 bridgehead atoms. The monoisotopic (exact) mass is 471 g/mol. The average molecular weight is 471 g/mol. The van der Waals surface area contributed by atoms with Crippen LogP contribution >= 0.6 is 7.75 Å². The highest BCUT2D eigenvalue weighted by atomic mass is 31.2. The van der Waals surface area contributed by atoms with Gasteiger partial charge < -0.3 is 14.2 Å². The van der Waals surface area contributed by atoms with Crippen LogP contribution in [0.5, 0.6) is 0 Å². The fourth-order valence-corrected chi connectivity index (χ4v) is 4.42. The Hall–Kier alpha value is -3.18. The highest BCUT2D eigenvalue weighted by molar-refractivity contribution is 7.51. The smallest absolute Gasteiger partial charge is 0.442 e. The molecule has 2 amide bonds. The Morgan fingerprint density at radius 1 is 1.38 bits per heavy atom. The van der Waals surface area contributed by atoms with Crippen molar-refractivity contribution >= 4 is 43.4 Å². The standard InChI is InChI=1S/C18H23FN5O7P/c1-12(25)24(32(28,29)31-13(2)26)10-15-9-23(18(27)30-15)14-4-5-17(16(19)8-14)22-7-6-21(3)20-11-22/h4-5,8,11,15H,6-7,9-10H2,1-3H3,(H,28,29). The summed E-state index contributed by atoms with van der Waals surface area (Å²) in [5.41, 5.74) is 0.506. The first-order chi connectivity index (χ1) is 15.0. The van der Waals surface area contributed by atoms with Gasteiger partial charge >= 0.3 is 19.8 Å². The van der Waals surface area contributed by atoms with E-state index in [0.717, 1.165) is 18.7 Å². The van der Waals surface area contributed by atoms with Gasteiger partial charge in [-0.1, -0.05) is 0 Å². The molecule has 0 aromatic heterocycles. The molecule has 2 aliphatic rings. The van der Waals surface area contributed by atoms with Crippen molar-refractivity contribution in [2.24, 2.45) is 5.10 Å². The maximum absolute atomic E-state index is 14.7. The van der Waals surface area contributed by atoms with Gasteiger partial charge in [0.25, 0.3) is 0 Å². The van der Waals surface area contributed by atoms with Crippen molar-refractivity contribution in [2.45, 2.75) is 20.0 Å². The molecule has 2 aliphatic heterocycles. The van der Waals surface area contributed by atoms with Gasteiger partial charge in [-0.25, -0.2) is 18.4 Å². The number of halogens is 1. The molecule has 1 fully saturated rings. The first-order valence-corrected chi connectivity index (χ1v) is 11.1. The number of carbonyl (C=O) groups excluding carboxylic acids is 3. The van der Waals surface area contributed by atoms with E-state index in [1.807, 2.05) is 0 Å². The second kappa shape index (κ2) is 9.13. The number of anilines is 2. The molecule has 0 aliphatic carbocycles. The SMILES string of the molecule is CC(=O)OP(=O)(O)N(CC1CN(c2ccc(N3C=NN(C)CC3)c(F)c2)C(=O)O1)C(C)=O. The molecule has 1 N–H and O–H groups in total. The molecule has 1 aromatic rings. The maximum Gasteiger partial charge on any atom is 0.490 e. The third kappa shape index (κ3) is 5.17. The lowest BCUT2D eigenvalue weighted by Gasteiger charge is -2.28. The van der Waals surface area contributed by atoms with Crippen LogP contribution in [0.4, 0.5) is 20.6 Å². The third-order valence-corrected chi connectivity index (χ3v) is 6.32. The van der Waals surface area contributed by atoms with Crippen LogP contribution in [0.1, 0.15) is 13.8 Å². The van der Waals surface area contributed by atoms with Crippen molar-refractivity contribution in [2.75, 3.05) is 43.0 Å². The number of amides is 2. The third-order valence-electron chi connectivity index (χ3n) is 4.77. The number of hydrazone groups is 1. The number of likely N-dealkylation sites (N-methyl/N-ethyl adjacent to an activating group) is 1. The predicted molar refractivity (Wildman–Crippen MR) is 111 cm³/mol. The van der Waals surface area contributed by atoms with Crippen LogP contribution in [-0.2, 0) is 23.4 Å². The summed E-state index contributed by atoms with van der Waals surface area (Å²) in [4.78, 5) is 47.9. The van der Waals surface area contributed by atoms with E-state index in [1.165, 1.54) is 24.5 Å². The summed E-state index contributed by atoms with van der Waals surface area (Å²) in [5.74, 6) is -2.47. The van der Waals surface area contributed by atoms with Crippen molar-refractivity contribution in [1.29, 1.82) is 0 Å². The summed E-state index contributed by atoms with van der Waals surface area (Å²) < 4.78 is 36.9. The maximum atomic E-state index is 14.7. The van der Waals surface area contributed by atoms with Crippen LogP contribution < -0.4 is 9.80 Å². The molecule has 2 heterocycles. The minimum absolute atomic E-state index is 0.114. The molecule has 2 atom stereocenters. The van der Waals surface area contributed by atoms with Gasteiger partial charge in [0.05, 0.1) is 31.0 Å². The van der Waals surface area contributed by atoms with E-state index >= 15 is 0 Å². The van der Waals surface area contributed by atoms with E-state index in [9.17, 15) is 28.2 Å². The number of ether oxygens (including phenoxy) is 1. The molecular weight excluding hydrogens is 448 g/mol. The van der Waals surface area contributed by atoms with E-state index in [4.69, 9.17) is 4.74 Å². The summed E-state index contributed by atoms with van der Waals surface area (Å²) in [6, 6.07) is 4.21. The molecule has 32 heavy (non-hydrogen) atoms. The zero-order chi connectivity index (χ0) is 23.6. The van der Waals surface area contributed by atoms with E-state index in [-0.39, 0.29) is 12.2 Å². The minimum Gasteiger partial charge on any atom is -0.442 e. The van der Waals surface area contributed by atoms with Gasteiger partial charge in [0.2, 0.25) is 5.91 Å². The van der Waals surface area contributed by atoms with Gasteiger partial charge in [0, 0.05) is 27.4 Å². The molecule has 0 spiro atoms. The van der Waals surface area contributed by atoms with Crippen LogP contribution in [0.2, 0.25) is 0 Å². The molecule has 0 saturated carbocycles. The molecule has 1 saturated heterocycles. The van der Waals surface area contributed by atoms with Crippen LogP contribution in [0.25, 0.3) is 0 Å². The fraction of sp³-hybridized carbons (Fsp3) is 0.444. The summed E-state index contributed by atoms with van der Waals surface area (Å²) >= 11 is 0. The Labute approximate surface area is 183 Å². The number of carbonyl (C=O) groups is 3. The second-order valence-electron chi connectivity index (χ2n) is 7.23. The van der Waals surface area contributed by atoms with Gasteiger partial charge in [-0.15, -0.1) is 0 Å². The Bertz CT molecular complexity index is 1010. The lowest BCUT2D eigenvalue weighted by molar-refractivity contribution is -0.134. The highest BCUT2D eigenvalue weighted by Crippen LogP contribution is 2.47. The molecule has 3 rings (SSSR count). The molecular formula is C18H23FN5O7P. The van der Waals surface area contributed by atoms with Crippen LogP contribution in [-0.4, -0.2) is 78.2 Å². The zero-order valence-electron chi connectivity index (χ0n) is 17.7. The van der Waals surface area contributed by atoms with Crippen molar-refractivity contribution < 1.29 is 37.5 Å². The summed E-state index contributed by atoms with van der Waals surface area (Å²) in [6.07, 6.45) is -0.309. The van der Waals surface area contributed by atoms with E-state index in [2.05, 4.69) is 9.63 Å². The Morgan fingerprint density at radius 2 is 2.09 bits per heavy atom. The Balaban J connectivity index is 1.73. The summed E-state index contributed by atoms with van der Waals surface area (Å²) in [7, 11) is -2.97. The van der Waals surface area contributed by atoms with Crippen molar-refractivity contribution in [3.05, 3.63) is 24.0 Å². The quantitative estimate of drug-likeness (QED) is 0.611. The van der Waals surface area contributed by atoms with Gasteiger partial charge in [-0.2, -0.15) is 5.10 Å².